The van der Waals surface area contributed by atoms with Crippen molar-refractivity contribution in [1.82, 2.24) is 4.90 Å². The number of nitrogens with zero attached hydrogens (tertiary/aromatic N) is 1. The minimum Gasteiger partial charge on any atom is -0.493 e. The predicted molar refractivity (Wildman–Crippen MR) is 125 cm³/mol. The summed E-state index contributed by atoms with van der Waals surface area (Å²) < 4.78 is 17.3. The lowest BCUT2D eigenvalue weighted by Gasteiger charge is -2.25. The largest absolute Gasteiger partial charge is 0.493 e. The monoisotopic (exact) mass is 451 g/mol. The molecule has 0 saturated carbocycles. The van der Waals surface area contributed by atoms with E-state index in [-0.39, 0.29) is 29.9 Å². The lowest BCUT2D eigenvalue weighted by molar-refractivity contribution is 0.0691. The van der Waals surface area contributed by atoms with Crippen molar-refractivity contribution < 1.29 is 23.8 Å². The van der Waals surface area contributed by atoms with E-state index in [4.69, 9.17) is 13.9 Å². The van der Waals surface area contributed by atoms with E-state index in [1.165, 1.54) is 11.3 Å². The van der Waals surface area contributed by atoms with Crippen molar-refractivity contribution in [2.75, 3.05) is 26.9 Å². The summed E-state index contributed by atoms with van der Waals surface area (Å²) in [5, 5.41) is 10.0. The summed E-state index contributed by atoms with van der Waals surface area (Å²) >= 11 is 0. The average molecular weight is 452 g/mol. The Kier molecular flexibility index (Phi) is 6.99. The molecule has 0 unspecified atom stereocenters. The molecule has 174 valence electrons. The maximum atomic E-state index is 13.4. The van der Waals surface area contributed by atoms with Gasteiger partial charge < -0.3 is 23.9 Å². The first-order chi connectivity index (χ1) is 16.1. The number of para-hydroxylation sites is 1. The second-order valence-corrected chi connectivity index (χ2v) is 8.11. The lowest BCUT2D eigenvalue weighted by Crippen LogP contribution is -2.32. The fourth-order valence-corrected chi connectivity index (χ4v) is 4.34. The molecule has 7 heteroatoms. The van der Waals surface area contributed by atoms with Crippen LogP contribution in [0.15, 0.2) is 51.7 Å². The number of carbonyl (C=O) groups excluding carboxylic acids is 1. The number of aliphatic hydroxyl groups is 1. The highest BCUT2D eigenvalue weighted by Gasteiger charge is 2.42. The van der Waals surface area contributed by atoms with Crippen LogP contribution in [-0.2, 0) is 0 Å². The normalized spacial score (nSPS) is 15.2. The van der Waals surface area contributed by atoms with Gasteiger partial charge in [0.25, 0.3) is 5.91 Å². The number of β-amino-alcohol motifs (C(OH)–C–C–N with tert-alkyl or cyclic N) is 1. The van der Waals surface area contributed by atoms with Gasteiger partial charge in [-0.3, -0.25) is 9.59 Å². The van der Waals surface area contributed by atoms with Crippen LogP contribution in [0.3, 0.4) is 0 Å². The van der Waals surface area contributed by atoms with Gasteiger partial charge in [-0.1, -0.05) is 44.4 Å². The first-order valence-electron chi connectivity index (χ1n) is 11.4. The fraction of sp³-hybridized carbons (Fsp3) is 0.385. The van der Waals surface area contributed by atoms with Gasteiger partial charge in [-0.25, -0.2) is 0 Å². The number of fused-ring (bicyclic) bond motifs is 2. The number of rotatable bonds is 10. The van der Waals surface area contributed by atoms with E-state index in [1.807, 2.05) is 6.07 Å². The van der Waals surface area contributed by atoms with Gasteiger partial charge in [-0.15, -0.1) is 0 Å². The standard InChI is InChI=1S/C26H29NO6/c1-3-4-5-8-15-32-20-12-11-17(16-21(20)31-2)23-22-24(29)18-9-6-7-10-19(18)33-25(22)26(30)27(23)13-14-28/h6-7,9-12,16,23,28H,3-5,8,13-15H2,1-2H3/t23-/m0/s1. The van der Waals surface area contributed by atoms with Gasteiger partial charge in [0, 0.05) is 6.54 Å². The Morgan fingerprint density at radius 2 is 1.88 bits per heavy atom. The van der Waals surface area contributed by atoms with Crippen LogP contribution in [0.5, 0.6) is 11.5 Å². The third-order valence-electron chi connectivity index (χ3n) is 5.97. The molecule has 1 aliphatic rings. The van der Waals surface area contributed by atoms with Gasteiger partial charge in [0.2, 0.25) is 5.76 Å². The number of ether oxygens (including phenoxy) is 2. The van der Waals surface area contributed by atoms with Crippen LogP contribution in [0.1, 0.15) is 60.3 Å². The molecule has 4 rings (SSSR count). The molecule has 2 heterocycles. The SMILES string of the molecule is CCCCCCOc1ccc([C@H]2c3c(oc4ccccc4c3=O)C(=O)N2CCO)cc1OC. The van der Waals surface area contributed by atoms with E-state index in [0.717, 1.165) is 19.3 Å². The van der Waals surface area contributed by atoms with Crippen molar-refractivity contribution in [3.63, 3.8) is 0 Å². The van der Waals surface area contributed by atoms with Gasteiger partial charge >= 0.3 is 0 Å². The van der Waals surface area contributed by atoms with Crippen molar-refractivity contribution in [2.24, 2.45) is 0 Å². The molecule has 0 fully saturated rings. The Balaban J connectivity index is 1.74. The summed E-state index contributed by atoms with van der Waals surface area (Å²) in [6.45, 7) is 2.59. The molecule has 0 spiro atoms. The van der Waals surface area contributed by atoms with E-state index in [2.05, 4.69) is 6.92 Å². The average Bonchev–Trinajstić information content (AvgIpc) is 3.11. The summed E-state index contributed by atoms with van der Waals surface area (Å²) in [4.78, 5) is 28.0. The number of unbranched alkanes of at least 4 members (excludes halogenated alkanes) is 3. The van der Waals surface area contributed by atoms with Gasteiger partial charge in [-0.05, 0) is 36.2 Å². The molecule has 0 bridgehead atoms. The molecule has 0 saturated heterocycles. The third kappa shape index (κ3) is 4.33. The summed E-state index contributed by atoms with van der Waals surface area (Å²) in [5.41, 5.74) is 1.08. The Morgan fingerprint density at radius 1 is 1.06 bits per heavy atom. The van der Waals surface area contributed by atoms with Crippen molar-refractivity contribution in [3.8, 4) is 11.5 Å². The van der Waals surface area contributed by atoms with Crippen LogP contribution in [-0.4, -0.2) is 42.8 Å². The minimum absolute atomic E-state index is 0.0207. The van der Waals surface area contributed by atoms with Crippen LogP contribution < -0.4 is 14.9 Å². The molecular formula is C26H29NO6. The smallest absolute Gasteiger partial charge is 0.290 e. The summed E-state index contributed by atoms with van der Waals surface area (Å²) in [5.74, 6) is 0.744. The minimum atomic E-state index is -0.687. The van der Waals surface area contributed by atoms with E-state index < -0.39 is 11.9 Å². The highest BCUT2D eigenvalue weighted by Crippen LogP contribution is 2.40. The van der Waals surface area contributed by atoms with Crippen molar-refractivity contribution in [3.05, 3.63) is 69.6 Å². The molecule has 1 atom stereocenters. The maximum absolute atomic E-state index is 13.4. The number of benzene rings is 2. The number of methoxy groups -OCH3 is 1. The number of hydrogen-bond acceptors (Lipinski definition) is 6. The molecular weight excluding hydrogens is 422 g/mol. The summed E-state index contributed by atoms with van der Waals surface area (Å²) in [7, 11) is 1.56. The zero-order chi connectivity index (χ0) is 23.4. The molecule has 7 nitrogen and oxygen atoms in total. The number of carbonyl (C=O) groups is 1. The zero-order valence-corrected chi connectivity index (χ0v) is 19.0. The van der Waals surface area contributed by atoms with Gasteiger partial charge in [0.15, 0.2) is 16.9 Å². The Labute approximate surface area is 192 Å². The van der Waals surface area contributed by atoms with Crippen LogP contribution in [0.25, 0.3) is 11.0 Å². The second-order valence-electron chi connectivity index (χ2n) is 8.11. The van der Waals surface area contributed by atoms with Crippen LogP contribution >= 0.6 is 0 Å². The first-order valence-corrected chi connectivity index (χ1v) is 11.4. The lowest BCUT2D eigenvalue weighted by atomic mass is 9.98. The molecule has 1 N–H and O–H groups in total. The van der Waals surface area contributed by atoms with Crippen LogP contribution in [0.4, 0.5) is 0 Å². The van der Waals surface area contributed by atoms with Crippen LogP contribution in [0, 0.1) is 0 Å². The molecule has 3 aromatic rings. The van der Waals surface area contributed by atoms with E-state index in [9.17, 15) is 14.7 Å². The van der Waals surface area contributed by atoms with Crippen molar-refractivity contribution in [2.45, 2.75) is 38.6 Å². The van der Waals surface area contributed by atoms with E-state index >= 15 is 0 Å². The van der Waals surface area contributed by atoms with E-state index in [0.29, 0.717) is 34.6 Å². The maximum Gasteiger partial charge on any atom is 0.290 e. The topological polar surface area (TPSA) is 89.2 Å². The van der Waals surface area contributed by atoms with Gasteiger partial charge in [-0.2, -0.15) is 0 Å². The van der Waals surface area contributed by atoms with E-state index in [1.54, 1.807) is 43.5 Å². The molecule has 1 aromatic heterocycles. The highest BCUT2D eigenvalue weighted by atomic mass is 16.5. The quantitative estimate of drug-likeness (QED) is 0.463. The number of amides is 1. The fourth-order valence-electron chi connectivity index (χ4n) is 4.34. The molecule has 1 amide bonds. The molecule has 0 radical (unpaired) electrons. The van der Waals surface area contributed by atoms with Crippen molar-refractivity contribution in [1.29, 1.82) is 0 Å². The van der Waals surface area contributed by atoms with Crippen molar-refractivity contribution >= 4 is 16.9 Å². The molecule has 2 aromatic carbocycles. The Morgan fingerprint density at radius 3 is 2.64 bits per heavy atom. The predicted octanol–water partition coefficient (Wildman–Crippen LogP) is 4.30. The summed E-state index contributed by atoms with van der Waals surface area (Å²) in [6, 6.07) is 11.6. The third-order valence-corrected chi connectivity index (χ3v) is 5.97. The number of aliphatic hydroxyl groups excluding tert-OH is 1. The number of hydrogen-bond donors (Lipinski definition) is 1. The molecule has 33 heavy (non-hydrogen) atoms. The Hall–Kier alpha value is -3.32. The second kappa shape index (κ2) is 10.1. The molecule has 1 aliphatic heterocycles. The summed E-state index contributed by atoms with van der Waals surface area (Å²) in [6.07, 6.45) is 4.40. The van der Waals surface area contributed by atoms with Gasteiger partial charge in [0.1, 0.15) is 5.58 Å². The zero-order valence-electron chi connectivity index (χ0n) is 19.0. The van der Waals surface area contributed by atoms with Gasteiger partial charge in [0.05, 0.1) is 37.3 Å². The Bertz CT molecular complexity index is 1200. The molecule has 0 aliphatic carbocycles. The highest BCUT2D eigenvalue weighted by molar-refractivity contribution is 5.99. The first kappa shape index (κ1) is 22.9. The van der Waals surface area contributed by atoms with Crippen LogP contribution in [0.2, 0.25) is 0 Å².